The second-order valence-electron chi connectivity index (χ2n) is 11.3. The van der Waals surface area contributed by atoms with E-state index in [0.29, 0.717) is 36.6 Å². The summed E-state index contributed by atoms with van der Waals surface area (Å²) in [5, 5.41) is 4.05. The molecule has 10 nitrogen and oxygen atoms in total. The van der Waals surface area contributed by atoms with Crippen molar-refractivity contribution in [3.05, 3.63) is 70.8 Å². The van der Waals surface area contributed by atoms with Crippen molar-refractivity contribution in [2.24, 2.45) is 11.7 Å². The smallest absolute Gasteiger partial charge is 0.223 e. The molecular weight excluding hydrogens is 597 g/mol. The summed E-state index contributed by atoms with van der Waals surface area (Å²) in [5.74, 6) is 2.09. The lowest BCUT2D eigenvalue weighted by atomic mass is 10.0. The lowest BCUT2D eigenvalue weighted by Gasteiger charge is -2.33. The number of halogens is 2. The van der Waals surface area contributed by atoms with Crippen LogP contribution in [0.4, 0.5) is 15.9 Å². The van der Waals surface area contributed by atoms with E-state index in [0.717, 1.165) is 78.9 Å². The van der Waals surface area contributed by atoms with E-state index in [2.05, 4.69) is 30.2 Å². The Morgan fingerprint density at radius 3 is 2.58 bits per heavy atom. The second-order valence-corrected chi connectivity index (χ2v) is 11.7. The SMILES string of the molecule is CCC(=O)CCCCCCc1ncc(Cc2cc3c(Nc4ccc(F)c(Cl)c4)ncnc3cc2OC)[nH]1.CN1CC(C(N)=O)C1. The number of aromatic nitrogens is 4. The molecule has 1 saturated heterocycles. The van der Waals surface area contributed by atoms with Gasteiger partial charge in [-0.2, -0.15) is 0 Å². The molecule has 2 aromatic carbocycles. The number of rotatable bonds is 14. The molecule has 45 heavy (non-hydrogen) atoms. The fraction of sp³-hybridized carbons (Fsp3) is 0.424. The van der Waals surface area contributed by atoms with Gasteiger partial charge in [-0.1, -0.05) is 31.4 Å². The van der Waals surface area contributed by atoms with Crippen LogP contribution in [0.2, 0.25) is 5.02 Å². The van der Waals surface area contributed by atoms with Crippen molar-refractivity contribution in [1.29, 1.82) is 0 Å². The van der Waals surface area contributed by atoms with Gasteiger partial charge in [0.05, 0.1) is 23.6 Å². The van der Waals surface area contributed by atoms with Gasteiger partial charge in [-0.3, -0.25) is 9.59 Å². The molecule has 4 aromatic rings. The van der Waals surface area contributed by atoms with Crippen LogP contribution in [0, 0.1) is 11.7 Å². The number of nitrogens with two attached hydrogens (primary N) is 1. The Labute approximate surface area is 267 Å². The lowest BCUT2D eigenvalue weighted by Crippen LogP contribution is -2.50. The largest absolute Gasteiger partial charge is 0.496 e. The number of hydrogen-bond acceptors (Lipinski definition) is 8. The highest BCUT2D eigenvalue weighted by atomic mass is 35.5. The number of ether oxygens (including phenoxy) is 1. The lowest BCUT2D eigenvalue weighted by molar-refractivity contribution is -0.126. The summed E-state index contributed by atoms with van der Waals surface area (Å²) < 4.78 is 19.2. The van der Waals surface area contributed by atoms with E-state index >= 15 is 0 Å². The number of carbonyl (C=O) groups excluding carboxylic acids is 2. The number of benzene rings is 2. The summed E-state index contributed by atoms with van der Waals surface area (Å²) >= 11 is 5.94. The number of imidazole rings is 1. The van der Waals surface area contributed by atoms with E-state index in [9.17, 15) is 14.0 Å². The summed E-state index contributed by atoms with van der Waals surface area (Å²) in [6.07, 6.45) is 10.3. The number of unbranched alkanes of at least 4 members (excludes halogenated alkanes) is 3. The first-order valence-electron chi connectivity index (χ1n) is 15.2. The molecule has 12 heteroatoms. The molecule has 0 aliphatic carbocycles. The highest BCUT2D eigenvalue weighted by Crippen LogP contribution is 2.31. The van der Waals surface area contributed by atoms with Gasteiger partial charge in [-0.25, -0.2) is 19.3 Å². The molecule has 0 atom stereocenters. The zero-order valence-electron chi connectivity index (χ0n) is 26.0. The number of carbonyl (C=O) groups is 2. The number of Topliss-reactive ketones (excluding diaryl/α,β-unsaturated/α-hetero) is 1. The molecule has 1 aliphatic heterocycles. The first-order valence-corrected chi connectivity index (χ1v) is 15.6. The van der Waals surface area contributed by atoms with Crippen molar-refractivity contribution in [3.63, 3.8) is 0 Å². The number of anilines is 2. The number of aromatic amines is 1. The monoisotopic (exact) mass is 637 g/mol. The molecule has 0 radical (unpaired) electrons. The van der Waals surface area contributed by atoms with Crippen LogP contribution in [-0.4, -0.2) is 63.8 Å². The topological polar surface area (TPSA) is 139 Å². The van der Waals surface area contributed by atoms with E-state index < -0.39 is 5.82 Å². The normalized spacial score (nSPS) is 13.2. The molecule has 3 heterocycles. The number of likely N-dealkylation sites (tertiary alicyclic amines) is 1. The summed E-state index contributed by atoms with van der Waals surface area (Å²) in [7, 11) is 3.61. The van der Waals surface area contributed by atoms with Gasteiger partial charge in [-0.05, 0) is 44.2 Å². The first kappa shape index (κ1) is 33.8. The van der Waals surface area contributed by atoms with Crippen LogP contribution in [0.3, 0.4) is 0 Å². The third-order valence-electron chi connectivity index (χ3n) is 7.76. The van der Waals surface area contributed by atoms with Crippen molar-refractivity contribution in [2.45, 2.75) is 58.3 Å². The number of H-pyrrole nitrogens is 1. The van der Waals surface area contributed by atoms with E-state index in [4.69, 9.17) is 22.1 Å². The van der Waals surface area contributed by atoms with Gasteiger partial charge in [0.1, 0.15) is 35.3 Å². The maximum absolute atomic E-state index is 13.6. The number of ketones is 1. The molecule has 0 bridgehead atoms. The molecular formula is C33H41ClFN7O3. The Kier molecular flexibility index (Phi) is 12.2. The van der Waals surface area contributed by atoms with Crippen LogP contribution in [0.5, 0.6) is 5.75 Å². The molecule has 240 valence electrons. The van der Waals surface area contributed by atoms with E-state index in [1.807, 2.05) is 32.3 Å². The molecule has 0 saturated carbocycles. The third kappa shape index (κ3) is 9.70. The summed E-state index contributed by atoms with van der Waals surface area (Å²) in [6.45, 7) is 3.60. The second kappa shape index (κ2) is 16.3. The van der Waals surface area contributed by atoms with Crippen molar-refractivity contribution >= 4 is 45.7 Å². The van der Waals surface area contributed by atoms with Crippen molar-refractivity contribution in [1.82, 2.24) is 24.8 Å². The standard InChI is InChI=1S/C28H31ClFN5O2.C5H10N2O/c1-3-21(36)8-6-4-5-7-9-27-31-16-20(34-27)12-18-13-22-25(15-26(18)37-2)32-17-33-28(22)35-19-10-11-24(30)23(29)14-19;1-7-2-4(3-7)5(6)8/h10-11,13-17H,3-9,12H2,1-2H3,(H,31,34)(H,32,33,35);4H,2-3H2,1H3,(H2,6,8). The van der Waals surface area contributed by atoms with Crippen molar-refractivity contribution in [2.75, 3.05) is 32.6 Å². The summed E-state index contributed by atoms with van der Waals surface area (Å²) in [6, 6.07) is 8.32. The number of methoxy groups -OCH3 is 1. The molecule has 0 unspecified atom stereocenters. The predicted molar refractivity (Wildman–Crippen MR) is 174 cm³/mol. The number of aryl methyl sites for hydroxylation is 1. The number of nitrogens with one attached hydrogen (secondary N) is 2. The van der Waals surface area contributed by atoms with Crippen molar-refractivity contribution in [3.8, 4) is 5.75 Å². The third-order valence-corrected chi connectivity index (χ3v) is 8.05. The number of nitrogens with zero attached hydrogens (tertiary/aromatic N) is 4. The fourth-order valence-corrected chi connectivity index (χ4v) is 5.30. The highest BCUT2D eigenvalue weighted by Gasteiger charge is 2.27. The minimum absolute atomic E-state index is 0.0346. The van der Waals surface area contributed by atoms with E-state index in [1.54, 1.807) is 13.2 Å². The molecule has 4 N–H and O–H groups in total. The van der Waals surface area contributed by atoms with Gasteiger partial charge in [0.2, 0.25) is 5.91 Å². The quantitative estimate of drug-likeness (QED) is 0.143. The average molecular weight is 638 g/mol. The number of amides is 1. The van der Waals surface area contributed by atoms with Crippen LogP contribution >= 0.6 is 11.6 Å². The molecule has 1 amide bonds. The minimum atomic E-state index is -0.478. The van der Waals surface area contributed by atoms with Gasteiger partial charge < -0.3 is 25.7 Å². The van der Waals surface area contributed by atoms with Gasteiger partial charge in [0.15, 0.2) is 0 Å². The van der Waals surface area contributed by atoms with Gasteiger partial charge in [-0.15, -0.1) is 0 Å². The van der Waals surface area contributed by atoms with Crippen molar-refractivity contribution < 1.29 is 18.7 Å². The van der Waals surface area contributed by atoms with E-state index in [-0.39, 0.29) is 16.8 Å². The van der Waals surface area contributed by atoms with E-state index in [1.165, 1.54) is 18.5 Å². The Bertz CT molecular complexity index is 1610. The van der Waals surface area contributed by atoms with Crippen LogP contribution < -0.4 is 15.8 Å². The number of hydrogen-bond donors (Lipinski definition) is 3. The maximum atomic E-state index is 13.6. The predicted octanol–water partition coefficient (Wildman–Crippen LogP) is 5.99. The molecule has 5 rings (SSSR count). The van der Waals surface area contributed by atoms with Crippen LogP contribution in [-0.2, 0) is 22.4 Å². The Morgan fingerprint density at radius 2 is 1.91 bits per heavy atom. The van der Waals surface area contributed by atoms with Gasteiger partial charge >= 0.3 is 0 Å². The van der Waals surface area contributed by atoms with Gasteiger partial charge in [0.25, 0.3) is 0 Å². The van der Waals surface area contributed by atoms with Crippen LogP contribution in [0.15, 0.2) is 42.9 Å². The highest BCUT2D eigenvalue weighted by molar-refractivity contribution is 6.31. The van der Waals surface area contributed by atoms with Crippen LogP contribution in [0.25, 0.3) is 10.9 Å². The molecule has 2 aromatic heterocycles. The molecule has 1 aliphatic rings. The Balaban J connectivity index is 0.000000501. The minimum Gasteiger partial charge on any atom is -0.496 e. The Hall–Kier alpha value is -4.09. The first-order chi connectivity index (χ1) is 21.7. The zero-order chi connectivity index (χ0) is 32.3. The fourth-order valence-electron chi connectivity index (χ4n) is 5.12. The molecule has 0 spiro atoms. The summed E-state index contributed by atoms with van der Waals surface area (Å²) in [5.41, 5.74) is 8.28. The Morgan fingerprint density at radius 1 is 1.13 bits per heavy atom. The van der Waals surface area contributed by atoms with Gasteiger partial charge in [0, 0.05) is 73.4 Å². The zero-order valence-corrected chi connectivity index (χ0v) is 26.8. The summed E-state index contributed by atoms with van der Waals surface area (Å²) in [4.78, 5) is 40.6. The maximum Gasteiger partial charge on any atom is 0.223 e. The number of fused-ring (bicyclic) bond motifs is 1. The number of primary amides is 1. The average Bonchev–Trinajstić information content (AvgIpc) is 3.46. The molecule has 1 fully saturated rings. The van der Waals surface area contributed by atoms with Crippen LogP contribution in [0.1, 0.15) is 62.5 Å².